The number of sulfone groups is 1. The van der Waals surface area contributed by atoms with Crippen molar-refractivity contribution in [2.24, 2.45) is 0 Å². The molecule has 1 aromatic heterocycles. The number of para-hydroxylation sites is 1. The smallest absolute Gasteiger partial charge is 0.271 e. The van der Waals surface area contributed by atoms with Crippen LogP contribution >= 0.6 is 0 Å². The number of hydrogen-bond donors (Lipinski definition) is 1. The van der Waals surface area contributed by atoms with Crippen LogP contribution in [0.5, 0.6) is 0 Å². The number of non-ortho nitro benzene ring substituents is 1. The van der Waals surface area contributed by atoms with Gasteiger partial charge in [0.05, 0.1) is 9.82 Å². The number of amides is 2. The van der Waals surface area contributed by atoms with E-state index in [0.717, 1.165) is 6.07 Å². The van der Waals surface area contributed by atoms with Gasteiger partial charge in [0, 0.05) is 48.0 Å². The van der Waals surface area contributed by atoms with Gasteiger partial charge < -0.3 is 14.8 Å². The lowest BCUT2D eigenvalue weighted by Gasteiger charge is -2.19. The van der Waals surface area contributed by atoms with Crippen molar-refractivity contribution < 1.29 is 22.9 Å². The molecule has 3 aromatic rings. The number of fused-ring (bicyclic) bond motifs is 1. The molecule has 11 heteroatoms. The summed E-state index contributed by atoms with van der Waals surface area (Å²) in [4.78, 5) is 36.9. The predicted octanol–water partition coefficient (Wildman–Crippen LogP) is 2.83. The van der Waals surface area contributed by atoms with Gasteiger partial charge in [-0.3, -0.25) is 19.7 Å². The highest BCUT2D eigenvalue weighted by atomic mass is 32.2. The number of benzene rings is 2. The molecule has 174 valence electrons. The minimum Gasteiger partial charge on any atom is -0.342 e. The molecular formula is C22H24N4O6S. The quantitative estimate of drug-likeness (QED) is 0.376. The van der Waals surface area contributed by atoms with Crippen LogP contribution in [0.1, 0.15) is 13.8 Å². The summed E-state index contributed by atoms with van der Waals surface area (Å²) in [5, 5.41) is 13.7. The highest BCUT2D eigenvalue weighted by Gasteiger charge is 2.25. The third-order valence-electron chi connectivity index (χ3n) is 5.17. The van der Waals surface area contributed by atoms with Gasteiger partial charge in [-0.25, -0.2) is 8.42 Å². The molecule has 0 bridgehead atoms. The number of carbonyl (C=O) groups is 2. The Morgan fingerprint density at radius 3 is 2.45 bits per heavy atom. The molecule has 33 heavy (non-hydrogen) atoms. The van der Waals surface area contributed by atoms with Crippen molar-refractivity contribution in [3.63, 3.8) is 0 Å². The maximum Gasteiger partial charge on any atom is 0.271 e. The van der Waals surface area contributed by atoms with Crippen molar-refractivity contribution in [1.29, 1.82) is 0 Å². The second kappa shape index (κ2) is 9.82. The van der Waals surface area contributed by atoms with Gasteiger partial charge in [0.25, 0.3) is 5.69 Å². The minimum absolute atomic E-state index is 0.0302. The van der Waals surface area contributed by atoms with E-state index in [1.54, 1.807) is 33.7 Å². The number of hydrogen-bond acceptors (Lipinski definition) is 6. The number of nitro groups is 1. The monoisotopic (exact) mass is 472 g/mol. The van der Waals surface area contributed by atoms with Crippen LogP contribution in [0, 0.1) is 10.1 Å². The van der Waals surface area contributed by atoms with E-state index in [0.29, 0.717) is 24.0 Å². The molecule has 0 radical (unpaired) electrons. The largest absolute Gasteiger partial charge is 0.342 e. The van der Waals surface area contributed by atoms with Crippen LogP contribution in [-0.2, 0) is 26.0 Å². The summed E-state index contributed by atoms with van der Waals surface area (Å²) in [6.45, 7) is 4.78. The fourth-order valence-corrected chi connectivity index (χ4v) is 4.93. The van der Waals surface area contributed by atoms with Crippen LogP contribution in [0.2, 0.25) is 0 Å². The average molecular weight is 473 g/mol. The Morgan fingerprint density at radius 1 is 1.09 bits per heavy atom. The van der Waals surface area contributed by atoms with Crippen molar-refractivity contribution >= 4 is 43.9 Å². The summed E-state index contributed by atoms with van der Waals surface area (Å²) in [5.74, 6) is -1.83. The Bertz CT molecular complexity index is 1310. The van der Waals surface area contributed by atoms with Gasteiger partial charge in [-0.2, -0.15) is 0 Å². The number of anilines is 1. The van der Waals surface area contributed by atoms with Gasteiger partial charge in [-0.1, -0.05) is 24.3 Å². The molecule has 1 heterocycles. The zero-order valence-corrected chi connectivity index (χ0v) is 19.0. The zero-order chi connectivity index (χ0) is 24.2. The number of nitrogens with zero attached hydrogens (tertiary/aromatic N) is 3. The lowest BCUT2D eigenvalue weighted by molar-refractivity contribution is -0.384. The highest BCUT2D eigenvalue weighted by Crippen LogP contribution is 2.27. The number of likely N-dealkylation sites (N-methyl/N-ethyl adjacent to an activating group) is 1. The first-order chi connectivity index (χ1) is 15.7. The molecule has 0 aliphatic carbocycles. The van der Waals surface area contributed by atoms with Gasteiger partial charge in [-0.05, 0) is 26.0 Å². The number of nitro benzene ring substituents is 1. The predicted molar refractivity (Wildman–Crippen MR) is 124 cm³/mol. The van der Waals surface area contributed by atoms with E-state index < -0.39 is 26.4 Å². The Balaban J connectivity index is 1.87. The lowest BCUT2D eigenvalue weighted by Crippen LogP contribution is -2.33. The molecule has 0 unspecified atom stereocenters. The number of rotatable bonds is 9. The molecule has 0 fully saturated rings. The molecule has 10 nitrogen and oxygen atoms in total. The molecule has 0 aliphatic rings. The second-order valence-corrected chi connectivity index (χ2v) is 9.28. The summed E-state index contributed by atoms with van der Waals surface area (Å²) < 4.78 is 27.7. The van der Waals surface area contributed by atoms with Crippen molar-refractivity contribution in [3.8, 4) is 0 Å². The van der Waals surface area contributed by atoms with Gasteiger partial charge in [-0.15, -0.1) is 0 Å². The van der Waals surface area contributed by atoms with Gasteiger partial charge in [0.1, 0.15) is 12.3 Å². The summed E-state index contributed by atoms with van der Waals surface area (Å²) in [6, 6.07) is 12.0. The van der Waals surface area contributed by atoms with Crippen molar-refractivity contribution in [3.05, 3.63) is 64.8 Å². The Labute approximate surface area is 190 Å². The molecule has 0 saturated carbocycles. The van der Waals surface area contributed by atoms with E-state index in [2.05, 4.69) is 5.32 Å². The standard InChI is InChI=1S/C22H24N4O6S/c1-3-24(4-2)22(28)14-25-13-20(18-10-5-6-11-19(18)25)33(31,32)15-21(27)23-16-8-7-9-17(12-16)26(29)30/h5-13H,3-4,14-15H2,1-2H3,(H,23,27). The number of aromatic nitrogens is 1. The fraction of sp³-hybridized carbons (Fsp3) is 0.273. The van der Waals surface area contributed by atoms with Crippen LogP contribution in [0.25, 0.3) is 10.9 Å². The van der Waals surface area contributed by atoms with E-state index in [-0.39, 0.29) is 28.7 Å². The van der Waals surface area contributed by atoms with Crippen molar-refractivity contribution in [2.45, 2.75) is 25.3 Å². The number of carbonyl (C=O) groups excluding carboxylic acids is 2. The molecule has 2 aromatic carbocycles. The molecule has 0 atom stereocenters. The fourth-order valence-electron chi connectivity index (χ4n) is 3.56. The molecule has 0 saturated heterocycles. The second-order valence-electron chi connectivity index (χ2n) is 7.32. The van der Waals surface area contributed by atoms with Gasteiger partial charge in [0.15, 0.2) is 9.84 Å². The summed E-state index contributed by atoms with van der Waals surface area (Å²) in [5.41, 5.74) is 0.462. The van der Waals surface area contributed by atoms with E-state index >= 15 is 0 Å². The van der Waals surface area contributed by atoms with E-state index in [4.69, 9.17) is 0 Å². The molecular weight excluding hydrogens is 448 g/mol. The molecule has 0 aliphatic heterocycles. The van der Waals surface area contributed by atoms with Crippen LogP contribution < -0.4 is 5.32 Å². The normalized spacial score (nSPS) is 11.3. The van der Waals surface area contributed by atoms with Crippen molar-refractivity contribution in [1.82, 2.24) is 9.47 Å². The Hall–Kier alpha value is -3.73. The van der Waals surface area contributed by atoms with Gasteiger partial charge in [0.2, 0.25) is 11.8 Å². The van der Waals surface area contributed by atoms with Gasteiger partial charge >= 0.3 is 0 Å². The lowest BCUT2D eigenvalue weighted by atomic mass is 10.2. The molecule has 3 rings (SSSR count). The molecule has 2 amide bonds. The third kappa shape index (κ3) is 5.37. The van der Waals surface area contributed by atoms with E-state index in [1.165, 1.54) is 24.4 Å². The van der Waals surface area contributed by atoms with E-state index in [1.807, 2.05) is 13.8 Å². The number of nitrogens with one attached hydrogen (secondary N) is 1. The maximum absolute atomic E-state index is 13.1. The maximum atomic E-state index is 13.1. The minimum atomic E-state index is -4.07. The molecule has 1 N–H and O–H groups in total. The third-order valence-corrected chi connectivity index (χ3v) is 6.81. The Kier molecular flexibility index (Phi) is 7.12. The first-order valence-electron chi connectivity index (χ1n) is 10.3. The van der Waals surface area contributed by atoms with Crippen LogP contribution in [0.3, 0.4) is 0 Å². The summed E-state index contributed by atoms with van der Waals surface area (Å²) >= 11 is 0. The first kappa shape index (κ1) is 23.9. The van der Waals surface area contributed by atoms with E-state index in [9.17, 15) is 28.1 Å². The summed E-state index contributed by atoms with van der Waals surface area (Å²) in [7, 11) is -4.07. The average Bonchev–Trinajstić information content (AvgIpc) is 3.14. The Morgan fingerprint density at radius 2 is 1.79 bits per heavy atom. The SMILES string of the molecule is CCN(CC)C(=O)Cn1cc(S(=O)(=O)CC(=O)Nc2cccc([N+](=O)[O-])c2)c2ccccc21. The highest BCUT2D eigenvalue weighted by molar-refractivity contribution is 7.92. The van der Waals surface area contributed by atoms with Crippen LogP contribution in [0.15, 0.2) is 59.6 Å². The zero-order valence-electron chi connectivity index (χ0n) is 18.2. The summed E-state index contributed by atoms with van der Waals surface area (Å²) in [6.07, 6.45) is 1.38. The van der Waals surface area contributed by atoms with Crippen molar-refractivity contribution in [2.75, 3.05) is 24.2 Å². The first-order valence-corrected chi connectivity index (χ1v) is 11.9. The topological polar surface area (TPSA) is 132 Å². The molecule has 0 spiro atoms. The van der Waals surface area contributed by atoms with Crippen LogP contribution in [-0.4, -0.2) is 53.5 Å². The van der Waals surface area contributed by atoms with Crippen LogP contribution in [0.4, 0.5) is 11.4 Å².